The molecule has 1 saturated heterocycles. The molecular formula is C26H27Cl2N5O3. The van der Waals surface area contributed by atoms with E-state index in [1.165, 1.54) is 18.3 Å². The number of aromatic nitrogens is 1. The maximum atomic E-state index is 13.0. The number of phenols is 1. The second-order valence-electron chi connectivity index (χ2n) is 8.66. The first-order chi connectivity index (χ1) is 17.3. The molecule has 1 aromatic heterocycles. The van der Waals surface area contributed by atoms with Crippen molar-refractivity contribution in [2.45, 2.75) is 12.8 Å². The van der Waals surface area contributed by atoms with Crippen LogP contribution in [-0.4, -0.2) is 60.0 Å². The smallest absolute Gasteiger partial charge is 0.259 e. The number of anilines is 3. The maximum absolute atomic E-state index is 13.0. The van der Waals surface area contributed by atoms with Gasteiger partial charge in [-0.3, -0.25) is 9.59 Å². The van der Waals surface area contributed by atoms with E-state index in [4.69, 9.17) is 23.2 Å². The van der Waals surface area contributed by atoms with Crippen LogP contribution < -0.4 is 15.5 Å². The molecule has 0 saturated carbocycles. The summed E-state index contributed by atoms with van der Waals surface area (Å²) in [6.07, 6.45) is 3.45. The normalized spacial score (nSPS) is 14.6. The van der Waals surface area contributed by atoms with E-state index in [0.717, 1.165) is 44.7 Å². The molecule has 188 valence electrons. The number of hydrogen-bond acceptors (Lipinski definition) is 6. The highest BCUT2D eigenvalue weighted by Crippen LogP contribution is 2.28. The Morgan fingerprint density at radius 2 is 1.56 bits per heavy atom. The van der Waals surface area contributed by atoms with Gasteiger partial charge in [0.05, 0.1) is 21.8 Å². The molecule has 8 nitrogen and oxygen atoms in total. The summed E-state index contributed by atoms with van der Waals surface area (Å²) in [4.78, 5) is 34.5. The zero-order chi connectivity index (χ0) is 25.7. The summed E-state index contributed by atoms with van der Waals surface area (Å²) < 4.78 is 0. The Hall–Kier alpha value is -3.33. The summed E-state index contributed by atoms with van der Waals surface area (Å²) >= 11 is 12.0. The zero-order valence-electron chi connectivity index (χ0n) is 19.8. The van der Waals surface area contributed by atoms with E-state index in [9.17, 15) is 14.7 Å². The molecule has 0 bridgehead atoms. The Balaban J connectivity index is 1.50. The van der Waals surface area contributed by atoms with Gasteiger partial charge in [-0.15, -0.1) is 0 Å². The van der Waals surface area contributed by atoms with Crippen molar-refractivity contribution in [3.63, 3.8) is 0 Å². The Kier molecular flexibility index (Phi) is 8.30. The standard InChI is InChI=1S/C26H27Cl2N5O3/c1-32-10-2-12-33(13-3-11-32)19-6-7-20(23(34)15-19)25(35)30-22-8-4-17(27)14-21(22)26(36)31-24-9-5-18(28)16-29-24/h4-9,14-16,34H,2-3,10-13H2,1H3,(H,30,35)(H,29,31,36). The highest BCUT2D eigenvalue weighted by molar-refractivity contribution is 6.31. The van der Waals surface area contributed by atoms with Crippen molar-refractivity contribution >= 4 is 52.2 Å². The van der Waals surface area contributed by atoms with Crippen LogP contribution in [0.15, 0.2) is 54.7 Å². The second kappa shape index (κ2) is 11.6. The Morgan fingerprint density at radius 1 is 0.861 bits per heavy atom. The van der Waals surface area contributed by atoms with Gasteiger partial charge in [0.2, 0.25) is 0 Å². The first kappa shape index (κ1) is 25.8. The molecule has 0 unspecified atom stereocenters. The molecule has 36 heavy (non-hydrogen) atoms. The van der Waals surface area contributed by atoms with Crippen molar-refractivity contribution in [1.82, 2.24) is 9.88 Å². The topological polar surface area (TPSA) is 97.8 Å². The summed E-state index contributed by atoms with van der Waals surface area (Å²) in [6.45, 7) is 3.80. The van der Waals surface area contributed by atoms with Crippen molar-refractivity contribution in [2.75, 3.05) is 48.8 Å². The lowest BCUT2D eigenvalue weighted by molar-refractivity contribution is 0.102. The number of rotatable bonds is 5. The van der Waals surface area contributed by atoms with E-state index < -0.39 is 11.8 Å². The predicted molar refractivity (Wildman–Crippen MR) is 144 cm³/mol. The molecule has 0 atom stereocenters. The van der Waals surface area contributed by atoms with Crippen LogP contribution in [0.25, 0.3) is 0 Å². The average molecular weight is 528 g/mol. The van der Waals surface area contributed by atoms with Crippen LogP contribution in [0.2, 0.25) is 10.0 Å². The molecule has 0 aliphatic carbocycles. The van der Waals surface area contributed by atoms with Crippen LogP contribution in [0, 0.1) is 0 Å². The minimum atomic E-state index is -0.547. The molecular weight excluding hydrogens is 501 g/mol. The molecule has 10 heteroatoms. The number of nitrogens with zero attached hydrogens (tertiary/aromatic N) is 3. The third-order valence-corrected chi connectivity index (χ3v) is 6.43. The van der Waals surface area contributed by atoms with Crippen molar-refractivity contribution in [3.05, 3.63) is 75.9 Å². The summed E-state index contributed by atoms with van der Waals surface area (Å²) in [5.74, 6) is -0.889. The van der Waals surface area contributed by atoms with Gasteiger partial charge in [-0.2, -0.15) is 0 Å². The van der Waals surface area contributed by atoms with Crippen LogP contribution in [0.4, 0.5) is 17.2 Å². The van der Waals surface area contributed by atoms with E-state index in [1.54, 1.807) is 30.3 Å². The van der Waals surface area contributed by atoms with Crippen molar-refractivity contribution in [3.8, 4) is 5.75 Å². The number of carbonyl (C=O) groups is 2. The quantitative estimate of drug-likeness (QED) is 0.425. The van der Waals surface area contributed by atoms with E-state index in [1.807, 2.05) is 6.07 Å². The molecule has 3 N–H and O–H groups in total. The largest absolute Gasteiger partial charge is 0.507 e. The van der Waals surface area contributed by atoms with E-state index in [2.05, 4.69) is 32.5 Å². The number of nitrogens with one attached hydrogen (secondary N) is 2. The monoisotopic (exact) mass is 527 g/mol. The van der Waals surface area contributed by atoms with Gasteiger partial charge in [0.15, 0.2) is 0 Å². The fourth-order valence-corrected chi connectivity index (χ4v) is 4.37. The molecule has 2 heterocycles. The molecule has 0 spiro atoms. The van der Waals surface area contributed by atoms with Gasteiger partial charge in [0, 0.05) is 36.1 Å². The number of halogens is 2. The number of amides is 2. The maximum Gasteiger partial charge on any atom is 0.259 e. The van der Waals surface area contributed by atoms with Gasteiger partial charge >= 0.3 is 0 Å². The number of benzene rings is 2. The Morgan fingerprint density at radius 3 is 2.22 bits per heavy atom. The Bertz CT molecular complexity index is 1240. The molecule has 4 rings (SSSR count). The van der Waals surface area contributed by atoms with Crippen LogP contribution in [0.3, 0.4) is 0 Å². The van der Waals surface area contributed by atoms with Gasteiger partial charge in [-0.1, -0.05) is 23.2 Å². The molecule has 1 fully saturated rings. The van der Waals surface area contributed by atoms with Gasteiger partial charge in [0.1, 0.15) is 11.6 Å². The summed E-state index contributed by atoms with van der Waals surface area (Å²) in [5, 5.41) is 16.8. The lowest BCUT2D eigenvalue weighted by Gasteiger charge is -2.30. The third kappa shape index (κ3) is 6.46. The highest BCUT2D eigenvalue weighted by atomic mass is 35.5. The van der Waals surface area contributed by atoms with E-state index in [-0.39, 0.29) is 22.6 Å². The second-order valence-corrected chi connectivity index (χ2v) is 9.53. The lowest BCUT2D eigenvalue weighted by Crippen LogP contribution is -2.34. The van der Waals surface area contributed by atoms with Gasteiger partial charge in [-0.25, -0.2) is 4.98 Å². The van der Waals surface area contributed by atoms with E-state index >= 15 is 0 Å². The third-order valence-electron chi connectivity index (χ3n) is 5.97. The van der Waals surface area contributed by atoms with E-state index in [0.29, 0.717) is 15.9 Å². The fraction of sp³-hybridized carbons (Fsp3) is 0.269. The summed E-state index contributed by atoms with van der Waals surface area (Å²) in [5.41, 5.74) is 1.36. The van der Waals surface area contributed by atoms with Crippen LogP contribution in [0.1, 0.15) is 33.6 Å². The van der Waals surface area contributed by atoms with Crippen LogP contribution in [0.5, 0.6) is 5.75 Å². The molecule has 0 radical (unpaired) electrons. The van der Waals surface area contributed by atoms with Crippen molar-refractivity contribution < 1.29 is 14.7 Å². The SMILES string of the molecule is CN1CCCN(c2ccc(C(=O)Nc3ccc(Cl)cc3C(=O)Nc3ccc(Cl)cn3)c(O)c2)CCC1. The average Bonchev–Trinajstić information content (AvgIpc) is 2.83. The minimum absolute atomic E-state index is 0.103. The first-order valence-corrected chi connectivity index (χ1v) is 12.4. The first-order valence-electron chi connectivity index (χ1n) is 11.6. The number of pyridine rings is 1. The number of aromatic hydroxyl groups is 1. The lowest BCUT2D eigenvalue weighted by atomic mass is 10.1. The van der Waals surface area contributed by atoms with Crippen molar-refractivity contribution in [2.24, 2.45) is 0 Å². The van der Waals surface area contributed by atoms with Crippen LogP contribution >= 0.6 is 23.2 Å². The Labute approximate surface area is 219 Å². The number of hydrogen-bond donors (Lipinski definition) is 3. The minimum Gasteiger partial charge on any atom is -0.507 e. The zero-order valence-corrected chi connectivity index (χ0v) is 21.3. The molecule has 2 amide bonds. The number of carbonyl (C=O) groups excluding carboxylic acids is 2. The van der Waals surface area contributed by atoms with Gasteiger partial charge < -0.3 is 25.5 Å². The summed E-state index contributed by atoms with van der Waals surface area (Å²) in [7, 11) is 2.12. The summed E-state index contributed by atoms with van der Waals surface area (Å²) in [6, 6.07) is 12.8. The molecule has 1 aliphatic heterocycles. The van der Waals surface area contributed by atoms with Gasteiger partial charge in [-0.05, 0) is 75.4 Å². The predicted octanol–water partition coefficient (Wildman–Crippen LogP) is 5.13. The highest BCUT2D eigenvalue weighted by Gasteiger charge is 2.19. The van der Waals surface area contributed by atoms with Gasteiger partial charge in [0.25, 0.3) is 11.8 Å². The molecule has 1 aliphatic rings. The molecule has 2 aromatic carbocycles. The van der Waals surface area contributed by atoms with Crippen LogP contribution in [-0.2, 0) is 0 Å². The molecule has 3 aromatic rings. The fourth-order valence-electron chi connectivity index (χ4n) is 4.09. The van der Waals surface area contributed by atoms with Crippen molar-refractivity contribution in [1.29, 1.82) is 0 Å². The number of phenolic OH excluding ortho intramolecular Hbond substituents is 1.